The molecule has 4 heteroatoms. The molecule has 2 nitrogen and oxygen atoms in total. The molecule has 2 aromatic rings. The first-order valence-electron chi connectivity index (χ1n) is 6.11. The molecule has 19 heavy (non-hydrogen) atoms. The van der Waals surface area contributed by atoms with Gasteiger partial charge >= 0.3 is 0 Å². The summed E-state index contributed by atoms with van der Waals surface area (Å²) in [6.07, 6.45) is 0.238. The summed E-state index contributed by atoms with van der Waals surface area (Å²) in [7, 11) is 0. The first-order valence-corrected chi connectivity index (χ1v) is 6.11. The predicted octanol–water partition coefficient (Wildman–Crippen LogP) is 2.97. The molecule has 1 heterocycles. The highest BCUT2D eigenvalue weighted by Gasteiger charge is 2.30. The minimum atomic E-state index is -0.894. The van der Waals surface area contributed by atoms with Crippen LogP contribution in [-0.2, 0) is 6.42 Å². The number of hydrogen-bond acceptors (Lipinski definition) is 2. The molecule has 0 aromatic heterocycles. The molecular weight excluding hydrogens is 248 g/mol. The summed E-state index contributed by atoms with van der Waals surface area (Å²) in [5.74, 6) is -1.02. The Bertz CT molecular complexity index is 590. The van der Waals surface area contributed by atoms with Crippen LogP contribution in [0.3, 0.4) is 0 Å². The molecule has 0 bridgehead atoms. The van der Waals surface area contributed by atoms with Crippen LogP contribution in [0.5, 0.6) is 5.75 Å². The van der Waals surface area contributed by atoms with Gasteiger partial charge in [-0.3, -0.25) is 0 Å². The molecule has 2 aromatic carbocycles. The zero-order valence-electron chi connectivity index (χ0n) is 10.1. The first kappa shape index (κ1) is 12.1. The summed E-state index contributed by atoms with van der Waals surface area (Å²) in [4.78, 5) is 0. The van der Waals surface area contributed by atoms with Gasteiger partial charge in [0.05, 0.1) is 6.04 Å². The van der Waals surface area contributed by atoms with E-state index in [0.717, 1.165) is 17.4 Å². The fourth-order valence-electron chi connectivity index (χ4n) is 2.39. The van der Waals surface area contributed by atoms with Crippen LogP contribution in [0.4, 0.5) is 8.78 Å². The maximum Gasteiger partial charge on any atom is 0.163 e. The monoisotopic (exact) mass is 261 g/mol. The van der Waals surface area contributed by atoms with Crippen LogP contribution in [0, 0.1) is 11.6 Å². The topological polar surface area (TPSA) is 35.2 Å². The van der Waals surface area contributed by atoms with E-state index in [1.807, 2.05) is 24.3 Å². The van der Waals surface area contributed by atoms with E-state index in [4.69, 9.17) is 10.5 Å². The minimum absolute atomic E-state index is 0.151. The van der Waals surface area contributed by atoms with Crippen LogP contribution in [-0.4, -0.2) is 6.10 Å². The van der Waals surface area contributed by atoms with Crippen LogP contribution in [0.2, 0.25) is 0 Å². The Morgan fingerprint density at radius 3 is 2.68 bits per heavy atom. The Morgan fingerprint density at radius 1 is 1.11 bits per heavy atom. The maximum atomic E-state index is 13.7. The second-order valence-corrected chi connectivity index (χ2v) is 4.64. The average Bonchev–Trinajstić information content (AvgIpc) is 2.85. The van der Waals surface area contributed by atoms with Crippen molar-refractivity contribution >= 4 is 0 Å². The third kappa shape index (κ3) is 2.08. The molecule has 0 spiro atoms. The van der Waals surface area contributed by atoms with Crippen LogP contribution in [0.15, 0.2) is 42.5 Å². The molecule has 2 atom stereocenters. The molecule has 0 saturated heterocycles. The zero-order chi connectivity index (χ0) is 13.4. The van der Waals surface area contributed by atoms with Gasteiger partial charge in [0.1, 0.15) is 11.9 Å². The van der Waals surface area contributed by atoms with Crippen molar-refractivity contribution in [2.24, 2.45) is 5.73 Å². The first-order chi connectivity index (χ1) is 9.16. The van der Waals surface area contributed by atoms with E-state index in [1.165, 1.54) is 12.1 Å². The van der Waals surface area contributed by atoms with Gasteiger partial charge in [-0.1, -0.05) is 30.3 Å². The lowest BCUT2D eigenvalue weighted by molar-refractivity contribution is 0.197. The molecule has 3 rings (SSSR count). The third-order valence-electron chi connectivity index (χ3n) is 3.41. The Hall–Kier alpha value is -1.94. The lowest BCUT2D eigenvalue weighted by atomic mass is 9.98. The Kier molecular flexibility index (Phi) is 2.95. The Balaban J connectivity index is 1.87. The molecule has 2 N–H and O–H groups in total. The number of ether oxygens (including phenoxy) is 1. The van der Waals surface area contributed by atoms with Crippen molar-refractivity contribution in [2.45, 2.75) is 18.6 Å². The van der Waals surface area contributed by atoms with E-state index in [0.29, 0.717) is 6.42 Å². The highest BCUT2D eigenvalue weighted by molar-refractivity contribution is 5.38. The van der Waals surface area contributed by atoms with Gasteiger partial charge in [-0.05, 0) is 17.7 Å². The summed E-state index contributed by atoms with van der Waals surface area (Å²) in [5, 5.41) is 0. The van der Waals surface area contributed by atoms with Gasteiger partial charge in [-0.15, -0.1) is 0 Å². The standard InChI is InChI=1S/C15H13F2NO/c16-11-6-3-5-10(14(11)17)15(18)13-8-9-4-1-2-7-12(9)19-13/h1-7,13,15H,8,18H2. The van der Waals surface area contributed by atoms with E-state index in [1.54, 1.807) is 0 Å². The van der Waals surface area contributed by atoms with Crippen molar-refractivity contribution in [2.75, 3.05) is 0 Å². The highest BCUT2D eigenvalue weighted by Crippen LogP contribution is 2.33. The largest absolute Gasteiger partial charge is 0.488 e. The number of fused-ring (bicyclic) bond motifs is 1. The van der Waals surface area contributed by atoms with Gasteiger partial charge in [0.15, 0.2) is 11.6 Å². The minimum Gasteiger partial charge on any atom is -0.488 e. The molecule has 1 aliphatic rings. The van der Waals surface area contributed by atoms with Crippen molar-refractivity contribution in [3.05, 3.63) is 65.2 Å². The van der Waals surface area contributed by atoms with E-state index in [-0.39, 0.29) is 11.7 Å². The highest BCUT2D eigenvalue weighted by atomic mass is 19.2. The van der Waals surface area contributed by atoms with E-state index in [2.05, 4.69) is 0 Å². The number of nitrogens with two attached hydrogens (primary N) is 1. The van der Waals surface area contributed by atoms with Crippen molar-refractivity contribution in [3.8, 4) is 5.75 Å². The fourth-order valence-corrected chi connectivity index (χ4v) is 2.39. The Labute approximate surface area is 109 Å². The van der Waals surface area contributed by atoms with Gasteiger partial charge in [0.25, 0.3) is 0 Å². The van der Waals surface area contributed by atoms with Gasteiger partial charge in [-0.2, -0.15) is 0 Å². The van der Waals surface area contributed by atoms with Crippen LogP contribution >= 0.6 is 0 Å². The quantitative estimate of drug-likeness (QED) is 0.902. The second kappa shape index (κ2) is 4.63. The summed E-state index contributed by atoms with van der Waals surface area (Å²) >= 11 is 0. The van der Waals surface area contributed by atoms with E-state index >= 15 is 0 Å². The Morgan fingerprint density at radius 2 is 1.89 bits per heavy atom. The molecule has 98 valence electrons. The van der Waals surface area contributed by atoms with Crippen molar-refractivity contribution < 1.29 is 13.5 Å². The predicted molar refractivity (Wildman–Crippen MR) is 67.8 cm³/mol. The van der Waals surface area contributed by atoms with Gasteiger partial charge in [0, 0.05) is 12.0 Å². The number of halogens is 2. The molecule has 0 radical (unpaired) electrons. The second-order valence-electron chi connectivity index (χ2n) is 4.64. The van der Waals surface area contributed by atoms with Crippen LogP contribution < -0.4 is 10.5 Å². The molecule has 0 saturated carbocycles. The summed E-state index contributed by atoms with van der Waals surface area (Å²) in [5.41, 5.74) is 7.21. The van der Waals surface area contributed by atoms with Crippen LogP contribution in [0.1, 0.15) is 17.2 Å². The maximum absolute atomic E-state index is 13.7. The fraction of sp³-hybridized carbons (Fsp3) is 0.200. The summed E-state index contributed by atoms with van der Waals surface area (Å²) in [6, 6.07) is 10.9. The summed E-state index contributed by atoms with van der Waals surface area (Å²) in [6.45, 7) is 0. The zero-order valence-corrected chi connectivity index (χ0v) is 10.1. The van der Waals surface area contributed by atoms with Gasteiger partial charge in [-0.25, -0.2) is 8.78 Å². The van der Waals surface area contributed by atoms with Crippen molar-refractivity contribution in [3.63, 3.8) is 0 Å². The average molecular weight is 261 g/mol. The lowest BCUT2D eigenvalue weighted by Gasteiger charge is -2.20. The molecule has 1 aliphatic heterocycles. The number of rotatable bonds is 2. The lowest BCUT2D eigenvalue weighted by Crippen LogP contribution is -2.31. The van der Waals surface area contributed by atoms with E-state index in [9.17, 15) is 8.78 Å². The smallest absolute Gasteiger partial charge is 0.163 e. The normalized spacial score (nSPS) is 18.8. The van der Waals surface area contributed by atoms with Crippen molar-refractivity contribution in [1.82, 2.24) is 0 Å². The molecule has 0 amide bonds. The third-order valence-corrected chi connectivity index (χ3v) is 3.41. The van der Waals surface area contributed by atoms with E-state index < -0.39 is 17.7 Å². The van der Waals surface area contributed by atoms with Gasteiger partial charge in [0.2, 0.25) is 0 Å². The summed E-state index contributed by atoms with van der Waals surface area (Å²) < 4.78 is 32.6. The number of para-hydroxylation sites is 1. The van der Waals surface area contributed by atoms with Crippen molar-refractivity contribution in [1.29, 1.82) is 0 Å². The SMILES string of the molecule is NC(c1cccc(F)c1F)C1Cc2ccccc2O1. The number of hydrogen-bond donors (Lipinski definition) is 1. The molecule has 0 aliphatic carbocycles. The molecule has 0 fully saturated rings. The van der Waals surface area contributed by atoms with Gasteiger partial charge < -0.3 is 10.5 Å². The van der Waals surface area contributed by atoms with Crippen LogP contribution in [0.25, 0.3) is 0 Å². The molecular formula is C15H13F2NO. The number of benzene rings is 2. The molecule has 2 unspecified atom stereocenters.